The monoisotopic (exact) mass is 214 g/mol. The van der Waals surface area contributed by atoms with Gasteiger partial charge in [-0.2, -0.15) is 0 Å². The van der Waals surface area contributed by atoms with Crippen LogP contribution in [0.4, 0.5) is 0 Å². The molecule has 2 atom stereocenters. The van der Waals surface area contributed by atoms with Crippen molar-refractivity contribution in [2.45, 2.75) is 33.1 Å². The molecule has 0 spiro atoms. The summed E-state index contributed by atoms with van der Waals surface area (Å²) in [6.45, 7) is 6.12. The number of Topliss-reactive ketones (excluding diaryl/α,β-unsaturated/α-hetero) is 1. The third-order valence-corrected chi connectivity index (χ3v) is 3.59. The van der Waals surface area contributed by atoms with Gasteiger partial charge in [-0.05, 0) is 30.0 Å². The molecule has 1 aromatic carbocycles. The highest BCUT2D eigenvalue weighted by Gasteiger charge is 2.22. The molecule has 2 rings (SSSR count). The summed E-state index contributed by atoms with van der Waals surface area (Å²) in [5, 5.41) is 0. The van der Waals surface area contributed by atoms with Gasteiger partial charge in [-0.1, -0.05) is 44.6 Å². The molecule has 1 heteroatoms. The number of allylic oxidation sites excluding steroid dienone is 1. The number of hydrogen-bond acceptors (Lipinski definition) is 1. The molecule has 16 heavy (non-hydrogen) atoms. The number of ketones is 1. The Morgan fingerprint density at radius 2 is 2.19 bits per heavy atom. The summed E-state index contributed by atoms with van der Waals surface area (Å²) in [5.41, 5.74) is 3.41. The minimum absolute atomic E-state index is 0.142. The third kappa shape index (κ3) is 1.82. The number of hydrogen-bond donors (Lipinski definition) is 0. The number of benzene rings is 1. The Kier molecular flexibility index (Phi) is 2.95. The van der Waals surface area contributed by atoms with Crippen molar-refractivity contribution in [3.05, 3.63) is 41.0 Å². The van der Waals surface area contributed by atoms with E-state index < -0.39 is 0 Å². The van der Waals surface area contributed by atoms with Crippen LogP contribution in [0.25, 0.3) is 6.08 Å². The third-order valence-electron chi connectivity index (χ3n) is 3.59. The van der Waals surface area contributed by atoms with E-state index in [0.717, 1.165) is 5.56 Å². The van der Waals surface area contributed by atoms with E-state index in [9.17, 15) is 4.79 Å². The Balaban J connectivity index is 2.36. The highest BCUT2D eigenvalue weighted by Crippen LogP contribution is 2.37. The van der Waals surface area contributed by atoms with Gasteiger partial charge in [-0.3, -0.25) is 4.79 Å². The summed E-state index contributed by atoms with van der Waals surface area (Å²) in [6, 6.07) is 6.07. The predicted molar refractivity (Wildman–Crippen MR) is 67.7 cm³/mol. The fourth-order valence-electron chi connectivity index (χ4n) is 2.30. The Labute approximate surface area is 97.2 Å². The topological polar surface area (TPSA) is 17.1 Å². The average Bonchev–Trinajstić information content (AvgIpc) is 2.70. The minimum atomic E-state index is 0.142. The smallest absolute Gasteiger partial charge is 0.159 e. The van der Waals surface area contributed by atoms with Gasteiger partial charge in [-0.15, -0.1) is 0 Å². The van der Waals surface area contributed by atoms with E-state index in [2.05, 4.69) is 32.1 Å². The molecular weight excluding hydrogens is 196 g/mol. The van der Waals surface area contributed by atoms with Crippen molar-refractivity contribution < 1.29 is 4.79 Å². The molecule has 84 valence electrons. The Hall–Kier alpha value is -1.37. The lowest BCUT2D eigenvalue weighted by atomic mass is 9.87. The van der Waals surface area contributed by atoms with Crippen LogP contribution in [-0.4, -0.2) is 5.78 Å². The first kappa shape index (κ1) is 11.1. The average molecular weight is 214 g/mol. The zero-order valence-electron chi connectivity index (χ0n) is 10.2. The molecule has 1 aliphatic carbocycles. The van der Waals surface area contributed by atoms with Crippen LogP contribution in [0.2, 0.25) is 0 Å². The lowest BCUT2D eigenvalue weighted by molar-refractivity contribution is 0.101. The molecule has 0 aromatic heterocycles. The number of carbonyl (C=O) groups is 1. The molecule has 0 amide bonds. The molecule has 2 unspecified atom stereocenters. The zero-order valence-corrected chi connectivity index (χ0v) is 10.2. The summed E-state index contributed by atoms with van der Waals surface area (Å²) < 4.78 is 0. The SMILES string of the molecule is CCC(C)C1C=Cc2cc(C(C)=O)ccc21. The standard InChI is InChI=1S/C15H18O/c1-4-10(2)14-7-6-13-9-12(11(3)16)5-8-15(13)14/h5-10,14H,4H2,1-3H3. The van der Waals surface area contributed by atoms with Gasteiger partial charge in [0.1, 0.15) is 0 Å². The summed E-state index contributed by atoms with van der Waals surface area (Å²) in [7, 11) is 0. The van der Waals surface area contributed by atoms with Gasteiger partial charge in [-0.25, -0.2) is 0 Å². The quantitative estimate of drug-likeness (QED) is 0.694. The van der Waals surface area contributed by atoms with Gasteiger partial charge in [0.2, 0.25) is 0 Å². The largest absolute Gasteiger partial charge is 0.295 e. The lowest BCUT2D eigenvalue weighted by Crippen LogP contribution is -2.05. The first-order valence-corrected chi connectivity index (χ1v) is 5.96. The van der Waals surface area contributed by atoms with E-state index in [1.165, 1.54) is 17.5 Å². The van der Waals surface area contributed by atoms with Crippen LogP contribution in [0.3, 0.4) is 0 Å². The first-order chi connectivity index (χ1) is 7.63. The summed E-state index contributed by atoms with van der Waals surface area (Å²) in [4.78, 5) is 11.3. The van der Waals surface area contributed by atoms with E-state index >= 15 is 0 Å². The maximum Gasteiger partial charge on any atom is 0.159 e. The second-order valence-corrected chi connectivity index (χ2v) is 4.67. The van der Waals surface area contributed by atoms with Crippen molar-refractivity contribution in [1.82, 2.24) is 0 Å². The minimum Gasteiger partial charge on any atom is -0.295 e. The zero-order chi connectivity index (χ0) is 11.7. The number of fused-ring (bicyclic) bond motifs is 1. The van der Waals surface area contributed by atoms with Crippen molar-refractivity contribution in [2.75, 3.05) is 0 Å². The second kappa shape index (κ2) is 4.25. The molecule has 0 N–H and O–H groups in total. The predicted octanol–water partition coefficient (Wildman–Crippen LogP) is 4.05. The van der Waals surface area contributed by atoms with E-state index in [-0.39, 0.29) is 5.78 Å². The van der Waals surface area contributed by atoms with Gasteiger partial charge < -0.3 is 0 Å². The molecule has 0 fully saturated rings. The maximum atomic E-state index is 11.3. The normalized spacial score (nSPS) is 19.6. The van der Waals surface area contributed by atoms with E-state index in [4.69, 9.17) is 0 Å². The van der Waals surface area contributed by atoms with Crippen LogP contribution in [-0.2, 0) is 0 Å². The Bertz CT molecular complexity index is 443. The van der Waals surface area contributed by atoms with Crippen LogP contribution in [0, 0.1) is 5.92 Å². The van der Waals surface area contributed by atoms with Crippen molar-refractivity contribution in [1.29, 1.82) is 0 Å². The molecule has 1 aliphatic rings. The van der Waals surface area contributed by atoms with Crippen LogP contribution in [0.5, 0.6) is 0 Å². The number of carbonyl (C=O) groups excluding carboxylic acids is 1. The Morgan fingerprint density at radius 1 is 1.44 bits per heavy atom. The van der Waals surface area contributed by atoms with Gasteiger partial charge in [0, 0.05) is 11.5 Å². The van der Waals surface area contributed by atoms with E-state index in [1.54, 1.807) is 6.92 Å². The van der Waals surface area contributed by atoms with Crippen LogP contribution in [0.15, 0.2) is 24.3 Å². The molecule has 0 saturated heterocycles. The van der Waals surface area contributed by atoms with Crippen LogP contribution in [0.1, 0.15) is 54.6 Å². The fourth-order valence-corrected chi connectivity index (χ4v) is 2.30. The van der Waals surface area contributed by atoms with Gasteiger partial charge in [0.05, 0.1) is 0 Å². The molecule has 1 nitrogen and oxygen atoms in total. The maximum absolute atomic E-state index is 11.3. The van der Waals surface area contributed by atoms with E-state index in [1.807, 2.05) is 12.1 Å². The molecule has 1 aromatic rings. The van der Waals surface area contributed by atoms with Gasteiger partial charge >= 0.3 is 0 Å². The van der Waals surface area contributed by atoms with Crippen LogP contribution >= 0.6 is 0 Å². The second-order valence-electron chi connectivity index (χ2n) is 4.67. The van der Waals surface area contributed by atoms with Crippen molar-refractivity contribution in [3.63, 3.8) is 0 Å². The Morgan fingerprint density at radius 3 is 2.81 bits per heavy atom. The molecule has 0 heterocycles. The summed E-state index contributed by atoms with van der Waals surface area (Å²) >= 11 is 0. The fraction of sp³-hybridized carbons (Fsp3) is 0.400. The van der Waals surface area contributed by atoms with Crippen LogP contribution < -0.4 is 0 Å². The van der Waals surface area contributed by atoms with Crippen molar-refractivity contribution in [2.24, 2.45) is 5.92 Å². The molecular formula is C15H18O. The summed E-state index contributed by atoms with van der Waals surface area (Å²) in [5.74, 6) is 1.34. The van der Waals surface area contributed by atoms with Gasteiger partial charge in [0.25, 0.3) is 0 Å². The highest BCUT2D eigenvalue weighted by atomic mass is 16.1. The summed E-state index contributed by atoms with van der Waals surface area (Å²) in [6.07, 6.45) is 5.60. The molecule has 0 radical (unpaired) electrons. The van der Waals surface area contributed by atoms with E-state index in [0.29, 0.717) is 11.8 Å². The number of rotatable bonds is 3. The highest BCUT2D eigenvalue weighted by molar-refractivity contribution is 5.95. The lowest BCUT2D eigenvalue weighted by Gasteiger charge is -2.17. The van der Waals surface area contributed by atoms with Crippen molar-refractivity contribution >= 4 is 11.9 Å². The molecule has 0 saturated carbocycles. The first-order valence-electron chi connectivity index (χ1n) is 5.96. The molecule has 0 bridgehead atoms. The molecule has 0 aliphatic heterocycles. The van der Waals surface area contributed by atoms with Crippen molar-refractivity contribution in [3.8, 4) is 0 Å². The van der Waals surface area contributed by atoms with Gasteiger partial charge in [0.15, 0.2) is 5.78 Å².